The highest BCUT2D eigenvalue weighted by Gasteiger charge is 2.32. The van der Waals surface area contributed by atoms with Gasteiger partial charge in [0.25, 0.3) is 5.91 Å². The molecule has 2 aliphatic heterocycles. The quantitative estimate of drug-likeness (QED) is 0.538. The van der Waals surface area contributed by atoms with Gasteiger partial charge in [0.2, 0.25) is 10.0 Å². The van der Waals surface area contributed by atoms with Crippen molar-refractivity contribution in [2.75, 3.05) is 45.9 Å². The van der Waals surface area contributed by atoms with Crippen molar-refractivity contribution >= 4 is 22.0 Å². The van der Waals surface area contributed by atoms with Crippen molar-refractivity contribution in [2.45, 2.75) is 43.0 Å². The van der Waals surface area contributed by atoms with Crippen LogP contribution < -0.4 is 25.0 Å². The third-order valence-electron chi connectivity index (χ3n) is 6.18. The lowest BCUT2D eigenvalue weighted by Crippen LogP contribution is -3.15. The molecule has 176 valence electrons. The Labute approximate surface area is 188 Å². The maximum Gasteiger partial charge on any atom is 0.321 e. The van der Waals surface area contributed by atoms with E-state index in [-0.39, 0.29) is 23.4 Å². The summed E-state index contributed by atoms with van der Waals surface area (Å²) in [4.78, 5) is 25.4. The van der Waals surface area contributed by atoms with E-state index in [1.54, 1.807) is 6.07 Å². The maximum atomic E-state index is 13.0. The van der Waals surface area contributed by atoms with E-state index in [0.29, 0.717) is 50.9 Å². The second-order valence-corrected chi connectivity index (χ2v) is 10.4. The molecule has 10 nitrogen and oxygen atoms in total. The van der Waals surface area contributed by atoms with Gasteiger partial charge in [-0.3, -0.25) is 10.1 Å². The van der Waals surface area contributed by atoms with Crippen LogP contribution in [0.4, 0.5) is 4.79 Å². The zero-order chi connectivity index (χ0) is 22.6. The lowest BCUT2D eigenvalue weighted by molar-refractivity contribution is -0.895. The number of ether oxygens (including phenoxy) is 2. The molecule has 3 aliphatic rings. The molecule has 0 aromatic heterocycles. The number of rotatable bonds is 5. The van der Waals surface area contributed by atoms with Crippen molar-refractivity contribution in [1.29, 1.82) is 0 Å². The average Bonchev–Trinajstić information content (AvgIpc) is 2.79. The summed E-state index contributed by atoms with van der Waals surface area (Å²) in [5.41, 5.74) is 0. The van der Waals surface area contributed by atoms with Gasteiger partial charge in [0.1, 0.15) is 13.2 Å². The minimum Gasteiger partial charge on any atom is -0.486 e. The van der Waals surface area contributed by atoms with E-state index in [1.807, 2.05) is 0 Å². The molecule has 32 heavy (non-hydrogen) atoms. The molecule has 1 aromatic rings. The van der Waals surface area contributed by atoms with Crippen LogP contribution in [0.2, 0.25) is 0 Å². The predicted octanol–water partition coefficient (Wildman–Crippen LogP) is -0.494. The number of urea groups is 1. The molecule has 1 aromatic carbocycles. The molecule has 1 saturated heterocycles. The molecule has 3 N–H and O–H groups in total. The van der Waals surface area contributed by atoms with Crippen molar-refractivity contribution < 1.29 is 32.4 Å². The Kier molecular flexibility index (Phi) is 7.17. The summed E-state index contributed by atoms with van der Waals surface area (Å²) in [6, 6.07) is 4.34. The van der Waals surface area contributed by atoms with Crippen LogP contribution in [0.1, 0.15) is 32.1 Å². The molecular formula is C21H31N4O6S+. The Morgan fingerprint density at radius 2 is 1.72 bits per heavy atom. The van der Waals surface area contributed by atoms with Gasteiger partial charge in [0.05, 0.1) is 31.1 Å². The topological polar surface area (TPSA) is 118 Å². The predicted molar refractivity (Wildman–Crippen MR) is 115 cm³/mol. The second kappa shape index (κ2) is 10.1. The first-order valence-electron chi connectivity index (χ1n) is 11.3. The smallest absolute Gasteiger partial charge is 0.321 e. The fourth-order valence-electron chi connectivity index (χ4n) is 4.42. The first-order chi connectivity index (χ1) is 15.4. The number of nitrogens with zero attached hydrogens (tertiary/aromatic N) is 1. The number of quaternary nitrogens is 1. The molecule has 11 heteroatoms. The van der Waals surface area contributed by atoms with Crippen molar-refractivity contribution in [3.63, 3.8) is 0 Å². The van der Waals surface area contributed by atoms with Gasteiger partial charge < -0.3 is 19.7 Å². The number of hydrogen-bond acceptors (Lipinski definition) is 6. The van der Waals surface area contributed by atoms with Crippen molar-refractivity contribution in [3.8, 4) is 11.5 Å². The fourth-order valence-corrected chi connectivity index (χ4v) is 5.88. The fraction of sp³-hybridized carbons (Fsp3) is 0.619. The molecule has 1 aliphatic carbocycles. The largest absolute Gasteiger partial charge is 0.486 e. The Morgan fingerprint density at radius 3 is 2.44 bits per heavy atom. The van der Waals surface area contributed by atoms with E-state index >= 15 is 0 Å². The van der Waals surface area contributed by atoms with Crippen LogP contribution in [0, 0.1) is 0 Å². The third kappa shape index (κ3) is 5.51. The molecule has 0 spiro atoms. The summed E-state index contributed by atoms with van der Waals surface area (Å²) in [6.45, 7) is 2.54. The lowest BCUT2D eigenvalue weighted by Gasteiger charge is -2.31. The molecule has 0 radical (unpaired) electrons. The number of sulfonamides is 1. The number of amides is 3. The first kappa shape index (κ1) is 22.8. The molecule has 1 saturated carbocycles. The lowest BCUT2D eigenvalue weighted by atomic mass is 9.96. The van der Waals surface area contributed by atoms with E-state index in [0.717, 1.165) is 30.6 Å². The van der Waals surface area contributed by atoms with Gasteiger partial charge in [-0.2, -0.15) is 4.31 Å². The monoisotopic (exact) mass is 467 g/mol. The van der Waals surface area contributed by atoms with Crippen LogP contribution in [-0.4, -0.2) is 76.6 Å². The summed E-state index contributed by atoms with van der Waals surface area (Å²) in [6.07, 6.45) is 5.29. The van der Waals surface area contributed by atoms with E-state index in [1.165, 1.54) is 22.9 Å². The van der Waals surface area contributed by atoms with Crippen LogP contribution in [-0.2, 0) is 14.8 Å². The van der Waals surface area contributed by atoms with Gasteiger partial charge >= 0.3 is 6.03 Å². The van der Waals surface area contributed by atoms with Gasteiger partial charge in [-0.15, -0.1) is 0 Å². The van der Waals surface area contributed by atoms with Crippen LogP contribution in [0.5, 0.6) is 11.5 Å². The standard InChI is InChI=1S/C21H30N4O6S/c26-20(23-21(27)22-16-4-2-1-3-5-16)15-24-8-10-25(11-9-24)32(28,29)17-6-7-18-19(14-17)31-13-12-30-18/h6-7,14,16H,1-5,8-13,15H2,(H2,22,23,26,27)/p+1. The number of hydrogen-bond donors (Lipinski definition) is 3. The highest BCUT2D eigenvalue weighted by Crippen LogP contribution is 2.33. The molecule has 3 amide bonds. The van der Waals surface area contributed by atoms with Crippen molar-refractivity contribution in [2.24, 2.45) is 0 Å². The number of piperazine rings is 1. The number of imide groups is 1. The highest BCUT2D eigenvalue weighted by molar-refractivity contribution is 7.89. The van der Waals surface area contributed by atoms with Crippen LogP contribution >= 0.6 is 0 Å². The molecular weight excluding hydrogens is 436 g/mol. The van der Waals surface area contributed by atoms with E-state index in [4.69, 9.17) is 9.47 Å². The first-order valence-corrected chi connectivity index (χ1v) is 12.7. The van der Waals surface area contributed by atoms with E-state index < -0.39 is 16.1 Å². The van der Waals surface area contributed by atoms with Gasteiger partial charge in [-0.1, -0.05) is 19.3 Å². The summed E-state index contributed by atoms with van der Waals surface area (Å²) in [5, 5.41) is 5.27. The zero-order valence-electron chi connectivity index (χ0n) is 18.1. The van der Waals surface area contributed by atoms with Crippen LogP contribution in [0.3, 0.4) is 0 Å². The Bertz CT molecular complexity index is 940. The number of fused-ring (bicyclic) bond motifs is 1. The van der Waals surface area contributed by atoms with Gasteiger partial charge in [0.15, 0.2) is 18.0 Å². The summed E-state index contributed by atoms with van der Waals surface area (Å²) < 4.78 is 38.4. The molecule has 2 fully saturated rings. The van der Waals surface area contributed by atoms with Crippen molar-refractivity contribution in [3.05, 3.63) is 18.2 Å². The Balaban J connectivity index is 1.25. The number of carbonyl (C=O) groups is 2. The minimum atomic E-state index is -3.66. The van der Waals surface area contributed by atoms with E-state index in [9.17, 15) is 18.0 Å². The Hall–Kier alpha value is -2.37. The molecule has 0 atom stereocenters. The second-order valence-electron chi connectivity index (χ2n) is 8.49. The van der Waals surface area contributed by atoms with Crippen LogP contribution in [0.25, 0.3) is 0 Å². The van der Waals surface area contributed by atoms with Crippen molar-refractivity contribution in [1.82, 2.24) is 14.9 Å². The number of carbonyl (C=O) groups excluding carboxylic acids is 2. The van der Waals surface area contributed by atoms with Gasteiger partial charge in [-0.05, 0) is 25.0 Å². The summed E-state index contributed by atoms with van der Waals surface area (Å²) in [5.74, 6) is 0.629. The molecule has 2 heterocycles. The number of benzene rings is 1. The molecule has 0 bridgehead atoms. The van der Waals surface area contributed by atoms with Crippen LogP contribution in [0.15, 0.2) is 23.1 Å². The SMILES string of the molecule is O=C(C[NH+]1CCN(S(=O)(=O)c2ccc3c(c2)OCCO3)CC1)NC(=O)NC1CCCCC1. The summed E-state index contributed by atoms with van der Waals surface area (Å²) in [7, 11) is -3.66. The molecule has 4 rings (SSSR count). The Morgan fingerprint density at radius 1 is 1.03 bits per heavy atom. The summed E-state index contributed by atoms with van der Waals surface area (Å²) >= 11 is 0. The third-order valence-corrected chi connectivity index (χ3v) is 8.08. The highest BCUT2D eigenvalue weighted by atomic mass is 32.2. The van der Waals surface area contributed by atoms with E-state index in [2.05, 4.69) is 10.6 Å². The average molecular weight is 468 g/mol. The minimum absolute atomic E-state index is 0.135. The van der Waals surface area contributed by atoms with Gasteiger partial charge in [-0.25, -0.2) is 13.2 Å². The normalized spacial score (nSPS) is 20.5. The molecule has 0 unspecified atom stereocenters. The number of nitrogens with one attached hydrogen (secondary N) is 3. The zero-order valence-corrected chi connectivity index (χ0v) is 18.9. The maximum absolute atomic E-state index is 13.0. The van der Waals surface area contributed by atoms with Gasteiger partial charge in [0, 0.05) is 12.1 Å².